The minimum absolute atomic E-state index is 0.261. The van der Waals surface area contributed by atoms with Gasteiger partial charge in [-0.2, -0.15) is 0 Å². The van der Waals surface area contributed by atoms with Gasteiger partial charge in [-0.05, 0) is 25.3 Å². The number of likely N-dealkylation sites (N-methyl/N-ethyl adjacent to an activating group) is 1. The Balaban J connectivity index is 1.63. The minimum atomic E-state index is 0.261. The summed E-state index contributed by atoms with van der Waals surface area (Å²) in [6, 6.07) is 0. The van der Waals surface area contributed by atoms with Gasteiger partial charge in [0.05, 0.1) is 6.54 Å². The van der Waals surface area contributed by atoms with Gasteiger partial charge in [0.15, 0.2) is 0 Å². The predicted octanol–water partition coefficient (Wildman–Crippen LogP) is 0.150. The SMILES string of the molecule is CN1CCN(C(=O)CNCC2(C)CC2)CC1. The lowest BCUT2D eigenvalue weighted by Gasteiger charge is -2.32. The van der Waals surface area contributed by atoms with Gasteiger partial charge in [0.1, 0.15) is 0 Å². The maximum atomic E-state index is 11.9. The first-order valence-corrected chi connectivity index (χ1v) is 6.26. The highest BCUT2D eigenvalue weighted by Crippen LogP contribution is 2.43. The van der Waals surface area contributed by atoms with Gasteiger partial charge in [-0.3, -0.25) is 4.79 Å². The maximum absolute atomic E-state index is 11.9. The molecule has 1 heterocycles. The monoisotopic (exact) mass is 225 g/mol. The van der Waals surface area contributed by atoms with Crippen LogP contribution in [0.3, 0.4) is 0 Å². The number of carbonyl (C=O) groups is 1. The molecule has 1 aliphatic heterocycles. The molecule has 0 aromatic rings. The fraction of sp³-hybridized carbons (Fsp3) is 0.917. The molecule has 0 bridgehead atoms. The zero-order valence-corrected chi connectivity index (χ0v) is 10.5. The summed E-state index contributed by atoms with van der Waals surface area (Å²) in [6.45, 7) is 7.56. The third-order valence-electron chi connectivity index (χ3n) is 3.79. The van der Waals surface area contributed by atoms with Crippen molar-refractivity contribution in [2.45, 2.75) is 19.8 Å². The predicted molar refractivity (Wildman–Crippen MR) is 64.3 cm³/mol. The summed E-state index contributed by atoms with van der Waals surface area (Å²) in [5.74, 6) is 0.261. The Morgan fingerprint density at radius 1 is 1.25 bits per heavy atom. The zero-order valence-electron chi connectivity index (χ0n) is 10.5. The van der Waals surface area contributed by atoms with E-state index in [1.165, 1.54) is 12.8 Å². The van der Waals surface area contributed by atoms with Crippen LogP contribution < -0.4 is 5.32 Å². The molecule has 2 aliphatic rings. The van der Waals surface area contributed by atoms with Crippen molar-refractivity contribution in [2.75, 3.05) is 46.3 Å². The number of carbonyl (C=O) groups excluding carboxylic acids is 1. The molecule has 16 heavy (non-hydrogen) atoms. The molecule has 92 valence electrons. The molecule has 4 heteroatoms. The fourth-order valence-corrected chi connectivity index (χ4v) is 2.03. The van der Waals surface area contributed by atoms with Gasteiger partial charge < -0.3 is 15.1 Å². The summed E-state index contributed by atoms with van der Waals surface area (Å²) in [4.78, 5) is 16.1. The third kappa shape index (κ3) is 3.19. The molecule has 0 radical (unpaired) electrons. The molecule has 0 atom stereocenters. The largest absolute Gasteiger partial charge is 0.339 e. The molecule has 1 aliphatic carbocycles. The molecule has 1 saturated heterocycles. The van der Waals surface area contributed by atoms with E-state index in [0.29, 0.717) is 12.0 Å². The van der Waals surface area contributed by atoms with E-state index < -0.39 is 0 Å². The molecular weight excluding hydrogens is 202 g/mol. The van der Waals surface area contributed by atoms with Crippen LogP contribution in [-0.4, -0.2) is 62.0 Å². The van der Waals surface area contributed by atoms with Crippen LogP contribution in [0.5, 0.6) is 0 Å². The number of hydrogen-bond donors (Lipinski definition) is 1. The van der Waals surface area contributed by atoms with Crippen LogP contribution in [-0.2, 0) is 4.79 Å². The van der Waals surface area contributed by atoms with Crippen molar-refractivity contribution < 1.29 is 4.79 Å². The van der Waals surface area contributed by atoms with E-state index in [0.717, 1.165) is 32.7 Å². The molecule has 2 fully saturated rings. The summed E-state index contributed by atoms with van der Waals surface area (Å²) in [6.07, 6.45) is 2.62. The summed E-state index contributed by atoms with van der Waals surface area (Å²) in [7, 11) is 2.11. The first-order chi connectivity index (χ1) is 7.59. The minimum Gasteiger partial charge on any atom is -0.339 e. The van der Waals surface area contributed by atoms with E-state index in [1.807, 2.05) is 4.90 Å². The smallest absolute Gasteiger partial charge is 0.236 e. The van der Waals surface area contributed by atoms with Crippen LogP contribution in [0.15, 0.2) is 0 Å². The van der Waals surface area contributed by atoms with Crippen molar-refractivity contribution in [1.29, 1.82) is 0 Å². The van der Waals surface area contributed by atoms with Crippen molar-refractivity contribution in [3.05, 3.63) is 0 Å². The number of hydrogen-bond acceptors (Lipinski definition) is 3. The number of nitrogens with zero attached hydrogens (tertiary/aromatic N) is 2. The average Bonchev–Trinajstić information content (AvgIpc) is 2.97. The summed E-state index contributed by atoms with van der Waals surface area (Å²) < 4.78 is 0. The van der Waals surface area contributed by atoms with Crippen LogP contribution in [0.4, 0.5) is 0 Å². The summed E-state index contributed by atoms with van der Waals surface area (Å²) in [5, 5.41) is 3.29. The number of rotatable bonds is 4. The van der Waals surface area contributed by atoms with Gasteiger partial charge in [-0.15, -0.1) is 0 Å². The Bertz CT molecular complexity index is 255. The van der Waals surface area contributed by atoms with Crippen LogP contribution in [0.2, 0.25) is 0 Å². The Morgan fingerprint density at radius 3 is 2.44 bits per heavy atom. The Kier molecular flexibility index (Phi) is 3.50. The lowest BCUT2D eigenvalue weighted by molar-refractivity contribution is -0.131. The first-order valence-electron chi connectivity index (χ1n) is 6.26. The second-order valence-electron chi connectivity index (χ2n) is 5.60. The van der Waals surface area contributed by atoms with Gasteiger partial charge >= 0.3 is 0 Å². The third-order valence-corrected chi connectivity index (χ3v) is 3.79. The molecule has 1 saturated carbocycles. The van der Waals surface area contributed by atoms with Crippen molar-refractivity contribution in [3.63, 3.8) is 0 Å². The quantitative estimate of drug-likeness (QED) is 0.740. The molecule has 1 N–H and O–H groups in total. The van der Waals surface area contributed by atoms with Crippen LogP contribution >= 0.6 is 0 Å². The van der Waals surface area contributed by atoms with E-state index in [9.17, 15) is 4.79 Å². The van der Waals surface area contributed by atoms with Crippen LogP contribution in [0, 0.1) is 5.41 Å². The van der Waals surface area contributed by atoms with E-state index in [1.54, 1.807) is 0 Å². The van der Waals surface area contributed by atoms with Gasteiger partial charge in [0, 0.05) is 32.7 Å². The number of piperazine rings is 1. The van der Waals surface area contributed by atoms with Crippen molar-refractivity contribution >= 4 is 5.91 Å². The van der Waals surface area contributed by atoms with E-state index in [4.69, 9.17) is 0 Å². The highest BCUT2D eigenvalue weighted by molar-refractivity contribution is 5.78. The van der Waals surface area contributed by atoms with E-state index in [2.05, 4.69) is 24.2 Å². The van der Waals surface area contributed by atoms with Gasteiger partial charge in [0.25, 0.3) is 0 Å². The van der Waals surface area contributed by atoms with Gasteiger partial charge in [-0.25, -0.2) is 0 Å². The zero-order chi connectivity index (χ0) is 11.6. The van der Waals surface area contributed by atoms with E-state index >= 15 is 0 Å². The molecular formula is C12H23N3O. The number of amides is 1. The summed E-state index contributed by atoms with van der Waals surface area (Å²) in [5.41, 5.74) is 0.488. The van der Waals surface area contributed by atoms with Gasteiger partial charge in [-0.1, -0.05) is 6.92 Å². The topological polar surface area (TPSA) is 35.6 Å². The lowest BCUT2D eigenvalue weighted by atomic mass is 10.1. The second-order valence-corrected chi connectivity index (χ2v) is 5.60. The Morgan fingerprint density at radius 2 is 1.88 bits per heavy atom. The fourth-order valence-electron chi connectivity index (χ4n) is 2.03. The van der Waals surface area contributed by atoms with Crippen molar-refractivity contribution in [1.82, 2.24) is 15.1 Å². The van der Waals surface area contributed by atoms with Crippen LogP contribution in [0.1, 0.15) is 19.8 Å². The Labute approximate surface area is 98.0 Å². The molecule has 2 rings (SSSR count). The summed E-state index contributed by atoms with van der Waals surface area (Å²) >= 11 is 0. The Hall–Kier alpha value is -0.610. The molecule has 0 aromatic carbocycles. The lowest BCUT2D eigenvalue weighted by Crippen LogP contribution is -2.49. The highest BCUT2D eigenvalue weighted by Gasteiger charge is 2.36. The normalized spacial score (nSPS) is 24.5. The molecule has 0 aromatic heterocycles. The van der Waals surface area contributed by atoms with Crippen LogP contribution in [0.25, 0.3) is 0 Å². The molecule has 0 unspecified atom stereocenters. The second kappa shape index (κ2) is 4.72. The molecule has 4 nitrogen and oxygen atoms in total. The standard InChI is InChI=1S/C12H23N3O/c1-12(3-4-12)10-13-9-11(16)15-7-5-14(2)6-8-15/h13H,3-10H2,1-2H3. The molecule has 1 amide bonds. The van der Waals surface area contributed by atoms with Crippen molar-refractivity contribution in [3.8, 4) is 0 Å². The first kappa shape index (κ1) is 11.9. The maximum Gasteiger partial charge on any atom is 0.236 e. The van der Waals surface area contributed by atoms with E-state index in [-0.39, 0.29) is 5.91 Å². The van der Waals surface area contributed by atoms with Gasteiger partial charge in [0.2, 0.25) is 5.91 Å². The average molecular weight is 225 g/mol. The highest BCUT2D eigenvalue weighted by atomic mass is 16.2. The van der Waals surface area contributed by atoms with Crippen molar-refractivity contribution in [2.24, 2.45) is 5.41 Å². The number of nitrogens with one attached hydrogen (secondary N) is 1. The molecule has 0 spiro atoms.